The molecule has 0 aliphatic rings. The predicted molar refractivity (Wildman–Crippen MR) is 157 cm³/mol. The van der Waals surface area contributed by atoms with Gasteiger partial charge in [-0.2, -0.15) is 0 Å². The lowest BCUT2D eigenvalue weighted by Gasteiger charge is -2.13. The average molecular weight is 471 g/mol. The van der Waals surface area contributed by atoms with Gasteiger partial charge in [-0.15, -0.1) is 0 Å². The first-order chi connectivity index (χ1) is 18.4. The molecule has 0 atom stereocenters. The molecule has 172 valence electrons. The third-order valence-electron chi connectivity index (χ3n) is 7.60. The third kappa shape index (κ3) is 2.96. The van der Waals surface area contributed by atoms with Crippen LogP contribution in [0.25, 0.3) is 71.1 Å². The van der Waals surface area contributed by atoms with Crippen LogP contribution in [0.3, 0.4) is 0 Å². The van der Waals surface area contributed by atoms with E-state index in [1.54, 1.807) is 0 Å². The number of rotatable bonds is 2. The summed E-state index contributed by atoms with van der Waals surface area (Å²) in [6.45, 7) is 0. The Bertz CT molecular complexity index is 2140. The Morgan fingerprint density at radius 2 is 1.03 bits per heavy atom. The van der Waals surface area contributed by atoms with Crippen molar-refractivity contribution in [2.75, 3.05) is 0 Å². The van der Waals surface area contributed by atoms with Gasteiger partial charge in [-0.05, 0) is 74.8 Å². The van der Waals surface area contributed by atoms with Gasteiger partial charge in [0.05, 0.1) is 16.7 Å². The zero-order chi connectivity index (χ0) is 24.3. The molecule has 0 aliphatic carbocycles. The fraction of sp³-hybridized carbons (Fsp3) is 0. The lowest BCUT2D eigenvalue weighted by atomic mass is 9.93. The van der Waals surface area contributed by atoms with Crippen LogP contribution >= 0.6 is 0 Å². The van der Waals surface area contributed by atoms with Crippen molar-refractivity contribution in [3.63, 3.8) is 0 Å². The van der Waals surface area contributed by atoms with Crippen molar-refractivity contribution in [1.29, 1.82) is 0 Å². The Balaban J connectivity index is 1.53. The number of nitrogens with zero attached hydrogens (tertiary/aromatic N) is 2. The van der Waals surface area contributed by atoms with E-state index in [0.717, 1.165) is 16.9 Å². The maximum atomic E-state index is 4.59. The Kier molecular flexibility index (Phi) is 4.26. The van der Waals surface area contributed by atoms with E-state index in [4.69, 9.17) is 0 Å². The summed E-state index contributed by atoms with van der Waals surface area (Å²) in [6, 6.07) is 45.9. The molecule has 0 radical (unpaired) electrons. The number of aromatic nitrogens is 2. The average Bonchev–Trinajstić information content (AvgIpc) is 3.30. The van der Waals surface area contributed by atoms with E-state index in [9.17, 15) is 0 Å². The van der Waals surface area contributed by atoms with Crippen molar-refractivity contribution >= 4 is 54.1 Å². The van der Waals surface area contributed by atoms with Crippen molar-refractivity contribution in [3.8, 4) is 16.9 Å². The van der Waals surface area contributed by atoms with Crippen LogP contribution < -0.4 is 0 Å². The summed E-state index contributed by atoms with van der Waals surface area (Å²) in [6.07, 6.45) is 1.85. The first-order valence-electron chi connectivity index (χ1n) is 12.6. The molecular weight excluding hydrogens is 448 g/mol. The molecule has 0 spiro atoms. The highest BCUT2D eigenvalue weighted by Crippen LogP contribution is 2.40. The van der Waals surface area contributed by atoms with E-state index in [1.165, 1.54) is 54.1 Å². The van der Waals surface area contributed by atoms with Gasteiger partial charge in [0.25, 0.3) is 0 Å². The van der Waals surface area contributed by atoms with Gasteiger partial charge < -0.3 is 4.57 Å². The quantitative estimate of drug-likeness (QED) is 0.230. The number of hydrogen-bond acceptors (Lipinski definition) is 1. The standard InChI is InChI=1S/C35H22N2/c1-3-14-27-25(12-1)26-13-2-4-15-28(26)31-22-35-32(21-30(27)31)29-16-5-6-18-34(29)37(35)24-11-9-10-23(20-24)33-17-7-8-19-36-33/h1-22H. The van der Waals surface area contributed by atoms with E-state index >= 15 is 0 Å². The second kappa shape index (κ2) is 7.78. The highest BCUT2D eigenvalue weighted by Gasteiger charge is 2.16. The van der Waals surface area contributed by atoms with Gasteiger partial charge in [0, 0.05) is 28.2 Å². The zero-order valence-electron chi connectivity index (χ0n) is 20.1. The summed E-state index contributed by atoms with van der Waals surface area (Å²) in [7, 11) is 0. The van der Waals surface area contributed by atoms with Crippen LogP contribution in [0.1, 0.15) is 0 Å². The normalized spacial score (nSPS) is 11.8. The molecule has 8 rings (SSSR count). The molecule has 0 amide bonds. The van der Waals surface area contributed by atoms with E-state index in [1.807, 2.05) is 18.3 Å². The summed E-state index contributed by atoms with van der Waals surface area (Å²) in [5, 5.41) is 10.3. The topological polar surface area (TPSA) is 17.8 Å². The van der Waals surface area contributed by atoms with Gasteiger partial charge in [0.1, 0.15) is 0 Å². The largest absolute Gasteiger partial charge is 0.309 e. The lowest BCUT2D eigenvalue weighted by Crippen LogP contribution is -1.95. The van der Waals surface area contributed by atoms with Crippen LogP contribution in [-0.2, 0) is 0 Å². The molecule has 2 heteroatoms. The minimum absolute atomic E-state index is 0.980. The molecule has 2 nitrogen and oxygen atoms in total. The molecule has 0 fully saturated rings. The van der Waals surface area contributed by atoms with E-state index in [2.05, 4.69) is 125 Å². The molecular formula is C35H22N2. The van der Waals surface area contributed by atoms with Crippen molar-refractivity contribution in [1.82, 2.24) is 9.55 Å². The fourth-order valence-electron chi connectivity index (χ4n) is 5.98. The van der Waals surface area contributed by atoms with E-state index in [0.29, 0.717) is 0 Å². The van der Waals surface area contributed by atoms with Gasteiger partial charge in [-0.3, -0.25) is 4.98 Å². The molecule has 37 heavy (non-hydrogen) atoms. The Labute approximate surface area is 214 Å². The summed E-state index contributed by atoms with van der Waals surface area (Å²) < 4.78 is 2.40. The second-order valence-electron chi connectivity index (χ2n) is 9.62. The Hall–Kier alpha value is -4.95. The van der Waals surface area contributed by atoms with Crippen molar-refractivity contribution in [2.24, 2.45) is 0 Å². The monoisotopic (exact) mass is 470 g/mol. The SMILES string of the molecule is c1ccc(-c2cccc(-n3c4ccccc4c4cc5c6ccccc6c6ccccc6c5cc43)c2)nc1. The molecule has 0 N–H and O–H groups in total. The molecule has 0 saturated carbocycles. The lowest BCUT2D eigenvalue weighted by molar-refractivity contribution is 1.18. The van der Waals surface area contributed by atoms with Crippen LogP contribution in [0.4, 0.5) is 0 Å². The highest BCUT2D eigenvalue weighted by molar-refractivity contribution is 6.28. The van der Waals surface area contributed by atoms with Gasteiger partial charge in [-0.1, -0.05) is 84.9 Å². The summed E-state index contributed by atoms with van der Waals surface area (Å²) in [4.78, 5) is 4.59. The zero-order valence-corrected chi connectivity index (χ0v) is 20.1. The first kappa shape index (κ1) is 20.3. The summed E-state index contributed by atoms with van der Waals surface area (Å²) >= 11 is 0. The molecule has 0 unspecified atom stereocenters. The third-order valence-corrected chi connectivity index (χ3v) is 7.60. The molecule has 6 aromatic carbocycles. The fourth-order valence-corrected chi connectivity index (χ4v) is 5.98. The predicted octanol–water partition coefficient (Wildman–Crippen LogP) is 9.31. The minimum Gasteiger partial charge on any atom is -0.309 e. The Morgan fingerprint density at radius 3 is 1.73 bits per heavy atom. The maximum absolute atomic E-state index is 4.59. The van der Waals surface area contributed by atoms with Crippen LogP contribution in [-0.4, -0.2) is 9.55 Å². The smallest absolute Gasteiger partial charge is 0.0702 e. The summed E-state index contributed by atoms with van der Waals surface area (Å²) in [5.74, 6) is 0. The van der Waals surface area contributed by atoms with Gasteiger partial charge in [-0.25, -0.2) is 0 Å². The van der Waals surface area contributed by atoms with Crippen LogP contribution in [0.5, 0.6) is 0 Å². The number of fused-ring (bicyclic) bond motifs is 9. The second-order valence-corrected chi connectivity index (χ2v) is 9.62. The molecule has 0 bridgehead atoms. The molecule has 2 aromatic heterocycles. The van der Waals surface area contributed by atoms with E-state index < -0.39 is 0 Å². The van der Waals surface area contributed by atoms with Crippen molar-refractivity contribution in [3.05, 3.63) is 134 Å². The highest BCUT2D eigenvalue weighted by atomic mass is 15.0. The number of hydrogen-bond donors (Lipinski definition) is 0. The van der Waals surface area contributed by atoms with Crippen molar-refractivity contribution < 1.29 is 0 Å². The molecule has 0 aliphatic heterocycles. The van der Waals surface area contributed by atoms with Gasteiger partial charge in [0.15, 0.2) is 0 Å². The molecule has 0 saturated heterocycles. The van der Waals surface area contributed by atoms with Gasteiger partial charge >= 0.3 is 0 Å². The van der Waals surface area contributed by atoms with Crippen LogP contribution in [0.2, 0.25) is 0 Å². The first-order valence-corrected chi connectivity index (χ1v) is 12.6. The molecule has 2 heterocycles. The number of benzene rings is 6. The number of pyridine rings is 1. The van der Waals surface area contributed by atoms with E-state index in [-0.39, 0.29) is 0 Å². The van der Waals surface area contributed by atoms with Crippen LogP contribution in [0.15, 0.2) is 134 Å². The van der Waals surface area contributed by atoms with Gasteiger partial charge in [0.2, 0.25) is 0 Å². The number of para-hydroxylation sites is 1. The maximum Gasteiger partial charge on any atom is 0.0702 e. The van der Waals surface area contributed by atoms with Crippen molar-refractivity contribution in [2.45, 2.75) is 0 Å². The Morgan fingerprint density at radius 1 is 0.405 bits per heavy atom. The molecule has 8 aromatic rings. The van der Waals surface area contributed by atoms with Crippen LogP contribution in [0, 0.1) is 0 Å². The minimum atomic E-state index is 0.980. The summed E-state index contributed by atoms with van der Waals surface area (Å²) in [5.41, 5.74) is 5.65.